The molecule has 1 aromatic carbocycles. The maximum Gasteiger partial charge on any atom is 0.231 e. The van der Waals surface area contributed by atoms with Gasteiger partial charge in [0.25, 0.3) is 0 Å². The highest BCUT2D eigenvalue weighted by Gasteiger charge is 2.24. The third-order valence-electron chi connectivity index (χ3n) is 2.80. The summed E-state index contributed by atoms with van der Waals surface area (Å²) in [6.07, 6.45) is -1.55. The lowest BCUT2D eigenvalue weighted by molar-refractivity contribution is 0.0198. The predicted molar refractivity (Wildman–Crippen MR) is 62.8 cm³/mol. The Morgan fingerprint density at radius 1 is 1.39 bits per heavy atom. The number of carbonyl (C=O) groups is 1. The van der Waals surface area contributed by atoms with Crippen molar-refractivity contribution in [3.05, 3.63) is 23.3 Å². The largest absolute Gasteiger partial charge is 0.454 e. The molecule has 0 amide bonds. The number of aliphatic hydroxyl groups excluding tert-OH is 2. The topological polar surface area (TPSA) is 88.0 Å². The van der Waals surface area contributed by atoms with Gasteiger partial charge in [-0.15, -0.1) is 0 Å². The Morgan fingerprint density at radius 3 is 2.67 bits per heavy atom. The maximum absolute atomic E-state index is 11.0. The summed E-state index contributed by atoms with van der Waals surface area (Å²) in [5.41, 5.74) is 0.610. The fourth-order valence-corrected chi connectivity index (χ4v) is 1.86. The van der Waals surface area contributed by atoms with Crippen LogP contribution in [0.15, 0.2) is 12.1 Å². The van der Waals surface area contributed by atoms with Gasteiger partial charge in [-0.1, -0.05) is 0 Å². The summed E-state index contributed by atoms with van der Waals surface area (Å²) in [6, 6.07) is 3.02. The summed E-state index contributed by atoms with van der Waals surface area (Å²) >= 11 is 0. The minimum absolute atomic E-state index is 0.0895. The van der Waals surface area contributed by atoms with E-state index in [0.29, 0.717) is 23.3 Å². The number of likely N-dealkylation sites (N-methyl/N-ethyl adjacent to an activating group) is 1. The van der Waals surface area contributed by atoms with Gasteiger partial charge in [0.2, 0.25) is 6.79 Å². The van der Waals surface area contributed by atoms with Crippen molar-refractivity contribution in [2.24, 2.45) is 0 Å². The molecule has 0 spiro atoms. The zero-order chi connectivity index (χ0) is 13.1. The number of ether oxygens (including phenoxy) is 2. The van der Waals surface area contributed by atoms with Crippen LogP contribution >= 0.6 is 0 Å². The van der Waals surface area contributed by atoms with E-state index in [4.69, 9.17) is 9.47 Å². The van der Waals surface area contributed by atoms with Gasteiger partial charge in [0, 0.05) is 12.1 Å². The average molecular weight is 253 g/mol. The molecule has 1 aliphatic heterocycles. The van der Waals surface area contributed by atoms with Gasteiger partial charge in [-0.2, -0.15) is 0 Å². The van der Waals surface area contributed by atoms with Crippen molar-refractivity contribution < 1.29 is 24.5 Å². The third-order valence-corrected chi connectivity index (χ3v) is 2.80. The van der Waals surface area contributed by atoms with Gasteiger partial charge in [0.05, 0.1) is 6.10 Å². The SMILES string of the molecule is CNCC(O)C(O)c1cc2c(cc1C=O)OCO2. The molecule has 98 valence electrons. The number of aliphatic hydroxyl groups is 2. The van der Waals surface area contributed by atoms with Crippen LogP contribution in [0.1, 0.15) is 22.0 Å². The number of hydrogen-bond donors (Lipinski definition) is 3. The van der Waals surface area contributed by atoms with Gasteiger partial charge in [0.1, 0.15) is 6.10 Å². The molecule has 0 fully saturated rings. The molecule has 2 unspecified atom stereocenters. The first-order chi connectivity index (χ1) is 8.67. The Morgan fingerprint density at radius 2 is 2.06 bits per heavy atom. The molecule has 6 heteroatoms. The quantitative estimate of drug-likeness (QED) is 0.632. The van der Waals surface area contributed by atoms with Crippen LogP contribution < -0.4 is 14.8 Å². The second-order valence-corrected chi connectivity index (χ2v) is 4.02. The molecule has 0 saturated carbocycles. The normalized spacial score (nSPS) is 16.4. The van der Waals surface area contributed by atoms with Crippen molar-refractivity contribution >= 4 is 6.29 Å². The van der Waals surface area contributed by atoms with Gasteiger partial charge in [-0.3, -0.25) is 4.79 Å². The summed E-state index contributed by atoms with van der Waals surface area (Å²) < 4.78 is 10.3. The molecule has 6 nitrogen and oxygen atoms in total. The van der Waals surface area contributed by atoms with Crippen LogP contribution in [0.2, 0.25) is 0 Å². The molecule has 18 heavy (non-hydrogen) atoms. The van der Waals surface area contributed by atoms with Crippen molar-refractivity contribution in [3.8, 4) is 11.5 Å². The Kier molecular flexibility index (Phi) is 3.81. The predicted octanol–water partition coefficient (Wildman–Crippen LogP) is -0.159. The molecule has 1 aromatic rings. The summed E-state index contributed by atoms with van der Waals surface area (Å²) in [4.78, 5) is 11.0. The van der Waals surface area contributed by atoms with E-state index in [1.807, 2.05) is 0 Å². The molecule has 1 aliphatic rings. The Balaban J connectivity index is 2.34. The molecule has 1 heterocycles. The summed E-state index contributed by atoms with van der Waals surface area (Å²) in [6.45, 7) is 0.306. The molecule has 2 rings (SSSR count). The maximum atomic E-state index is 11.0. The molecule has 0 aromatic heterocycles. The van der Waals surface area contributed by atoms with Crippen molar-refractivity contribution in [1.29, 1.82) is 0 Å². The van der Waals surface area contributed by atoms with Crippen molar-refractivity contribution in [1.82, 2.24) is 5.32 Å². The summed E-state index contributed by atoms with van der Waals surface area (Å²) in [5.74, 6) is 0.933. The standard InChI is InChI=1S/C12H15NO5/c1-13-4-9(15)12(16)8-3-11-10(17-6-18-11)2-7(8)5-14/h2-3,5,9,12-13,15-16H,4,6H2,1H3. The monoisotopic (exact) mass is 253 g/mol. The first kappa shape index (κ1) is 12.8. The summed E-state index contributed by atoms with van der Waals surface area (Å²) in [5, 5.41) is 22.5. The number of hydrogen-bond acceptors (Lipinski definition) is 6. The minimum Gasteiger partial charge on any atom is -0.454 e. The number of nitrogens with one attached hydrogen (secondary N) is 1. The second-order valence-electron chi connectivity index (χ2n) is 4.02. The molecule has 0 bridgehead atoms. The number of rotatable bonds is 5. The van der Waals surface area contributed by atoms with Gasteiger partial charge >= 0.3 is 0 Å². The first-order valence-corrected chi connectivity index (χ1v) is 5.56. The third kappa shape index (κ3) is 2.31. The molecule has 0 radical (unpaired) electrons. The van der Waals surface area contributed by atoms with E-state index in [2.05, 4.69) is 5.32 Å². The summed E-state index contributed by atoms with van der Waals surface area (Å²) in [7, 11) is 1.66. The smallest absolute Gasteiger partial charge is 0.231 e. The lowest BCUT2D eigenvalue weighted by Crippen LogP contribution is -2.30. The Labute approximate surface area is 104 Å². The molecule has 0 aliphatic carbocycles. The Hall–Kier alpha value is -1.63. The van der Waals surface area contributed by atoms with Gasteiger partial charge < -0.3 is 25.0 Å². The molecular formula is C12H15NO5. The van der Waals surface area contributed by atoms with Crippen LogP contribution in [0.4, 0.5) is 0 Å². The second kappa shape index (κ2) is 5.34. The van der Waals surface area contributed by atoms with Crippen molar-refractivity contribution in [3.63, 3.8) is 0 Å². The van der Waals surface area contributed by atoms with Gasteiger partial charge in [0.15, 0.2) is 17.8 Å². The molecule has 2 atom stereocenters. The van der Waals surface area contributed by atoms with Gasteiger partial charge in [-0.05, 0) is 24.7 Å². The van der Waals surface area contributed by atoms with Crippen LogP contribution in [-0.2, 0) is 0 Å². The van der Waals surface area contributed by atoms with Crippen LogP contribution in [-0.4, -0.2) is 43.0 Å². The fraction of sp³-hybridized carbons (Fsp3) is 0.417. The lowest BCUT2D eigenvalue weighted by Gasteiger charge is -2.19. The van der Waals surface area contributed by atoms with E-state index in [1.165, 1.54) is 12.1 Å². The zero-order valence-electron chi connectivity index (χ0n) is 9.92. The van der Waals surface area contributed by atoms with Crippen molar-refractivity contribution in [2.45, 2.75) is 12.2 Å². The lowest BCUT2D eigenvalue weighted by atomic mass is 9.98. The number of fused-ring (bicyclic) bond motifs is 1. The molecule has 3 N–H and O–H groups in total. The Bertz CT molecular complexity index is 448. The van der Waals surface area contributed by atoms with E-state index >= 15 is 0 Å². The fourth-order valence-electron chi connectivity index (χ4n) is 1.86. The first-order valence-electron chi connectivity index (χ1n) is 5.56. The van der Waals surface area contributed by atoms with E-state index in [1.54, 1.807) is 7.05 Å². The van der Waals surface area contributed by atoms with Crippen LogP contribution in [0.25, 0.3) is 0 Å². The molecular weight excluding hydrogens is 238 g/mol. The van der Waals surface area contributed by atoms with Gasteiger partial charge in [-0.25, -0.2) is 0 Å². The van der Waals surface area contributed by atoms with Crippen LogP contribution in [0.3, 0.4) is 0 Å². The van der Waals surface area contributed by atoms with E-state index in [0.717, 1.165) is 0 Å². The zero-order valence-corrected chi connectivity index (χ0v) is 9.92. The van der Waals surface area contributed by atoms with Crippen LogP contribution in [0.5, 0.6) is 11.5 Å². The van der Waals surface area contributed by atoms with Crippen molar-refractivity contribution in [2.75, 3.05) is 20.4 Å². The highest BCUT2D eigenvalue weighted by molar-refractivity contribution is 5.79. The highest BCUT2D eigenvalue weighted by atomic mass is 16.7. The van der Waals surface area contributed by atoms with Crippen LogP contribution in [0, 0.1) is 0 Å². The minimum atomic E-state index is -1.16. The number of aldehydes is 1. The van der Waals surface area contributed by atoms with E-state index in [-0.39, 0.29) is 18.9 Å². The average Bonchev–Trinajstić information content (AvgIpc) is 2.83. The van der Waals surface area contributed by atoms with E-state index in [9.17, 15) is 15.0 Å². The van der Waals surface area contributed by atoms with E-state index < -0.39 is 12.2 Å². The number of benzene rings is 1. The number of carbonyl (C=O) groups excluding carboxylic acids is 1. The molecule has 0 saturated heterocycles. The highest BCUT2D eigenvalue weighted by Crippen LogP contribution is 2.36.